The molecule has 1 aliphatic rings. The maximum Gasteiger partial charge on any atom is 0.401 e. The molecule has 3 amide bonds. The summed E-state index contributed by atoms with van der Waals surface area (Å²) in [5.74, 6) is 1.44. The van der Waals surface area contributed by atoms with Gasteiger partial charge < -0.3 is 25.7 Å². The predicted octanol–water partition coefficient (Wildman–Crippen LogP) is 4.14. The summed E-state index contributed by atoms with van der Waals surface area (Å²) < 4.78 is 38.5. The number of carbonyl (C=O) groups is 3. The number of rotatable bonds is 20. The second kappa shape index (κ2) is 21.7. The third kappa shape index (κ3) is 14.8. The molecule has 6 atom stereocenters. The Balaban J connectivity index is 1.89. The highest BCUT2D eigenvalue weighted by atomic mass is 32.1. The minimum atomic E-state index is -4.39. The number of alkyl halides is 3. The lowest BCUT2D eigenvalue weighted by Gasteiger charge is -2.34. The highest BCUT2D eigenvalue weighted by Crippen LogP contribution is 2.29. The van der Waals surface area contributed by atoms with E-state index < -0.39 is 66.6 Å². The highest BCUT2D eigenvalue weighted by Gasteiger charge is 2.38. The number of aliphatic hydroxyl groups is 2. The summed E-state index contributed by atoms with van der Waals surface area (Å²) in [5, 5.41) is 29.5. The smallest absolute Gasteiger partial charge is 0.390 e. The number of hydrogen-bond acceptors (Lipinski definition) is 8. The van der Waals surface area contributed by atoms with E-state index in [0.717, 1.165) is 42.6 Å². The number of aliphatic hydroxyl groups excluding tert-OH is 2. The Kier molecular flexibility index (Phi) is 17.8. The number of halogens is 3. The molecule has 0 radical (unpaired) electrons. The van der Waals surface area contributed by atoms with Crippen molar-refractivity contribution < 1.29 is 37.8 Å². The van der Waals surface area contributed by atoms with Crippen LogP contribution in [0.5, 0.6) is 0 Å². The first-order chi connectivity index (χ1) is 25.2. The Bertz CT molecular complexity index is 1510. The van der Waals surface area contributed by atoms with Crippen LogP contribution in [0, 0.1) is 36.5 Å². The highest BCUT2D eigenvalue weighted by molar-refractivity contribution is 7.07. The van der Waals surface area contributed by atoms with Crippen LogP contribution in [0.15, 0.2) is 41.2 Å². The van der Waals surface area contributed by atoms with Gasteiger partial charge in [0.2, 0.25) is 17.7 Å². The topological polar surface area (TPSA) is 135 Å². The zero-order valence-electron chi connectivity index (χ0n) is 30.4. The molecule has 1 fully saturated rings. The second-order valence-electron chi connectivity index (χ2n) is 14.0. The van der Waals surface area contributed by atoms with E-state index in [-0.39, 0.29) is 44.7 Å². The number of nitrogens with zero attached hydrogens (tertiary/aromatic N) is 3. The molecule has 1 aromatic heterocycles. The molecule has 0 aliphatic heterocycles. The third-order valence-corrected chi connectivity index (χ3v) is 10.3. The number of carbonyl (C=O) groups excluding carboxylic acids is 3. The summed E-state index contributed by atoms with van der Waals surface area (Å²) in [6.45, 7) is -1.17. The van der Waals surface area contributed by atoms with Gasteiger partial charge in [-0.25, -0.2) is 4.98 Å². The van der Waals surface area contributed by atoms with Gasteiger partial charge in [0.25, 0.3) is 0 Å². The van der Waals surface area contributed by atoms with Crippen molar-refractivity contribution in [3.8, 4) is 24.7 Å². The van der Waals surface area contributed by atoms with Crippen molar-refractivity contribution in [3.63, 3.8) is 0 Å². The first-order valence-corrected chi connectivity index (χ1v) is 18.9. The quantitative estimate of drug-likeness (QED) is 0.149. The van der Waals surface area contributed by atoms with Crippen LogP contribution in [-0.2, 0) is 20.8 Å². The third-order valence-electron chi connectivity index (χ3n) is 9.70. The summed E-state index contributed by atoms with van der Waals surface area (Å²) in [7, 11) is 2.77. The van der Waals surface area contributed by atoms with Crippen LogP contribution < -0.4 is 10.6 Å². The molecule has 3 rings (SSSR count). The lowest BCUT2D eigenvalue weighted by Crippen LogP contribution is -2.57. The van der Waals surface area contributed by atoms with Gasteiger partial charge in [-0.2, -0.15) is 13.2 Å². The molecular formula is C39H52F3N5O5S. The van der Waals surface area contributed by atoms with Crippen LogP contribution in [0.3, 0.4) is 0 Å². The van der Waals surface area contributed by atoms with E-state index in [1.165, 1.54) is 30.3 Å². The van der Waals surface area contributed by atoms with Crippen LogP contribution in [0.4, 0.5) is 13.2 Å². The Morgan fingerprint density at radius 1 is 1.04 bits per heavy atom. The van der Waals surface area contributed by atoms with Gasteiger partial charge in [0.15, 0.2) is 0 Å². The number of nitrogens with one attached hydrogen (secondary N) is 2. The van der Waals surface area contributed by atoms with Gasteiger partial charge in [0.05, 0.1) is 41.7 Å². The van der Waals surface area contributed by atoms with Crippen LogP contribution in [0.25, 0.3) is 0 Å². The van der Waals surface area contributed by atoms with E-state index in [1.807, 2.05) is 6.07 Å². The monoisotopic (exact) mass is 759 g/mol. The largest absolute Gasteiger partial charge is 0.401 e. The zero-order valence-corrected chi connectivity index (χ0v) is 31.2. The van der Waals surface area contributed by atoms with Crippen LogP contribution in [0.2, 0.25) is 0 Å². The summed E-state index contributed by atoms with van der Waals surface area (Å²) in [6, 6.07) is 6.73. The Morgan fingerprint density at radius 2 is 1.74 bits per heavy atom. The summed E-state index contributed by atoms with van der Waals surface area (Å²) in [5.41, 5.74) is 2.67. The molecule has 2 aromatic rings. The maximum absolute atomic E-state index is 14.3. The van der Waals surface area contributed by atoms with Crippen molar-refractivity contribution in [1.29, 1.82) is 0 Å². The van der Waals surface area contributed by atoms with Crippen molar-refractivity contribution in [3.05, 3.63) is 52.5 Å². The number of aromatic nitrogens is 1. The molecule has 1 aliphatic carbocycles. The molecular weight excluding hydrogens is 708 g/mol. The van der Waals surface area contributed by atoms with Gasteiger partial charge in [-0.15, -0.1) is 30.1 Å². The molecule has 0 bridgehead atoms. The van der Waals surface area contributed by atoms with Gasteiger partial charge in [0.1, 0.15) is 12.1 Å². The van der Waals surface area contributed by atoms with Crippen molar-refractivity contribution in [2.75, 3.05) is 33.7 Å². The number of likely N-dealkylation sites (N-methyl/N-ethyl adjacent to an activating group) is 2. The van der Waals surface area contributed by atoms with E-state index in [0.29, 0.717) is 12.1 Å². The van der Waals surface area contributed by atoms with Crippen LogP contribution >= 0.6 is 11.3 Å². The van der Waals surface area contributed by atoms with Gasteiger partial charge in [-0.05, 0) is 37.8 Å². The number of amides is 3. The van der Waals surface area contributed by atoms with E-state index >= 15 is 0 Å². The maximum atomic E-state index is 14.3. The molecule has 0 saturated heterocycles. The zero-order chi connectivity index (χ0) is 39.0. The molecule has 10 nitrogen and oxygen atoms in total. The lowest BCUT2D eigenvalue weighted by atomic mass is 9.82. The molecule has 1 saturated carbocycles. The minimum Gasteiger partial charge on any atom is -0.390 e. The first-order valence-electron chi connectivity index (χ1n) is 18.0. The van der Waals surface area contributed by atoms with Gasteiger partial charge in [-0.1, -0.05) is 68.4 Å². The summed E-state index contributed by atoms with van der Waals surface area (Å²) in [6.07, 6.45) is 9.97. The molecule has 4 N–H and O–H groups in total. The van der Waals surface area contributed by atoms with E-state index in [1.54, 1.807) is 35.2 Å². The first kappa shape index (κ1) is 43.5. The number of thiazole rings is 1. The van der Waals surface area contributed by atoms with Crippen molar-refractivity contribution in [2.45, 2.75) is 101 Å². The van der Waals surface area contributed by atoms with Crippen molar-refractivity contribution in [2.24, 2.45) is 11.8 Å². The fourth-order valence-corrected chi connectivity index (χ4v) is 7.25. The average Bonchev–Trinajstić information content (AvgIpc) is 3.66. The predicted molar refractivity (Wildman–Crippen MR) is 198 cm³/mol. The molecule has 1 heterocycles. The SMILES string of the molecule is C#CCCC(O)[C@H](O)C(CC1CCCCC1)NC(=O)[C@@H](NC(=O)C(CC(=O)N(C)CCN(C)CC(F)(F)F)Cc1ccccc1)C(C#C)c1cscn1. The number of terminal acetylenes is 2. The second-order valence-corrected chi connectivity index (χ2v) is 14.7. The standard InChI is InChI=1S/C39H52F3N5O5S/c1-5-7-18-33(48)36(50)31(22-28-16-12-9-13-17-28)44-38(52)35(30(6-2)32-24-53-26-43-32)45-37(51)29(21-27-14-10-8-11-15-27)23-34(49)47(4)20-19-46(3)25-39(40,41)42/h1-2,8,10-11,14-15,24,26,28-31,33,35-36,48,50H,7,9,12-13,16-23,25H2,3-4H3,(H,44,52)(H,45,51)/t29?,30?,31?,33?,35-,36+/m0/s1. The molecule has 4 unspecified atom stereocenters. The average molecular weight is 760 g/mol. The van der Waals surface area contributed by atoms with Crippen LogP contribution in [0.1, 0.15) is 75.0 Å². The fraction of sp³-hybridized carbons (Fsp3) is 0.590. The van der Waals surface area contributed by atoms with E-state index in [4.69, 9.17) is 12.8 Å². The molecule has 14 heteroatoms. The Labute approximate surface area is 314 Å². The Morgan fingerprint density at radius 3 is 2.34 bits per heavy atom. The van der Waals surface area contributed by atoms with Gasteiger partial charge >= 0.3 is 6.18 Å². The number of benzene rings is 1. The molecule has 0 spiro atoms. The molecule has 53 heavy (non-hydrogen) atoms. The lowest BCUT2D eigenvalue weighted by molar-refractivity contribution is -0.144. The summed E-state index contributed by atoms with van der Waals surface area (Å²) in [4.78, 5) is 48.6. The van der Waals surface area contributed by atoms with Crippen molar-refractivity contribution in [1.82, 2.24) is 25.4 Å². The van der Waals surface area contributed by atoms with Gasteiger partial charge in [-0.3, -0.25) is 19.3 Å². The molecule has 290 valence electrons. The minimum absolute atomic E-state index is 0.00296. The normalized spacial score (nSPS) is 17.0. The molecule has 1 aromatic carbocycles. The van der Waals surface area contributed by atoms with Gasteiger partial charge in [0, 0.05) is 38.4 Å². The van der Waals surface area contributed by atoms with Crippen LogP contribution in [-0.4, -0.2) is 107 Å². The van der Waals surface area contributed by atoms with E-state index in [9.17, 15) is 37.8 Å². The van der Waals surface area contributed by atoms with E-state index in [2.05, 4.69) is 27.5 Å². The summed E-state index contributed by atoms with van der Waals surface area (Å²) >= 11 is 1.26. The Hall–Kier alpha value is -3.95. The fourth-order valence-electron chi connectivity index (χ4n) is 6.66. The van der Waals surface area contributed by atoms with Crippen molar-refractivity contribution >= 4 is 29.1 Å². The number of hydrogen-bond donors (Lipinski definition) is 4.